The number of nitrogens with zero attached hydrogens (tertiary/aromatic N) is 3. The molecule has 0 radical (unpaired) electrons. The molecule has 0 amide bonds. The second-order valence-corrected chi connectivity index (χ2v) is 7.86. The molecule has 1 aliphatic carbocycles. The van der Waals surface area contributed by atoms with Gasteiger partial charge in [-0.1, -0.05) is 0 Å². The summed E-state index contributed by atoms with van der Waals surface area (Å²) in [6, 6.07) is 5.63. The second-order valence-electron chi connectivity index (χ2n) is 5.92. The minimum atomic E-state index is -0.0896. The highest BCUT2D eigenvalue weighted by Crippen LogP contribution is 2.33. The number of benzene rings is 1. The third kappa shape index (κ3) is 3.02. The van der Waals surface area contributed by atoms with Crippen LogP contribution in [0.25, 0.3) is 10.2 Å². The Kier molecular flexibility index (Phi) is 4.43. The minimum Gasteiger partial charge on any atom is -0.496 e. The van der Waals surface area contributed by atoms with Crippen LogP contribution in [0.4, 0.5) is 0 Å². The largest absolute Gasteiger partial charge is 0.496 e. The Labute approximate surface area is 157 Å². The molecule has 1 aliphatic rings. The van der Waals surface area contributed by atoms with Crippen molar-refractivity contribution in [2.24, 2.45) is 5.10 Å². The van der Waals surface area contributed by atoms with Crippen LogP contribution in [0.2, 0.25) is 0 Å². The lowest BCUT2D eigenvalue weighted by atomic mass is 9.97. The number of ether oxygens (including phenoxy) is 1. The standard InChI is InChI=1S/C18H16BrN3O2S/c1-24-14-7-6-11(8-13(14)19)9-21-22-10-20-17-16(18(22)23)12-4-2-3-5-15(12)25-17/h6-10H,2-5H2,1H3/b21-9+. The first kappa shape index (κ1) is 16.5. The lowest BCUT2D eigenvalue weighted by Gasteiger charge is -2.09. The molecule has 3 aromatic rings. The zero-order chi connectivity index (χ0) is 17.4. The Morgan fingerprint density at radius 2 is 2.20 bits per heavy atom. The number of thiophene rings is 1. The summed E-state index contributed by atoms with van der Waals surface area (Å²) in [4.78, 5) is 19.4. The molecule has 0 N–H and O–H groups in total. The molecule has 0 fully saturated rings. The van der Waals surface area contributed by atoms with E-state index in [0.717, 1.165) is 45.3 Å². The van der Waals surface area contributed by atoms with Crippen molar-refractivity contribution in [2.75, 3.05) is 7.11 Å². The molecule has 7 heteroatoms. The van der Waals surface area contributed by atoms with Gasteiger partial charge in [-0.2, -0.15) is 9.78 Å². The van der Waals surface area contributed by atoms with E-state index in [1.54, 1.807) is 24.7 Å². The smallest absolute Gasteiger partial charge is 0.282 e. The number of aryl methyl sites for hydroxylation is 2. The number of hydrogen-bond donors (Lipinski definition) is 0. The van der Waals surface area contributed by atoms with Gasteiger partial charge in [0.1, 0.15) is 16.9 Å². The van der Waals surface area contributed by atoms with Gasteiger partial charge in [-0.15, -0.1) is 11.3 Å². The predicted octanol–water partition coefficient (Wildman–Crippen LogP) is 3.99. The van der Waals surface area contributed by atoms with Gasteiger partial charge < -0.3 is 4.74 Å². The van der Waals surface area contributed by atoms with E-state index in [2.05, 4.69) is 26.0 Å². The van der Waals surface area contributed by atoms with Gasteiger partial charge in [-0.05, 0) is 70.9 Å². The van der Waals surface area contributed by atoms with Gasteiger partial charge in [0.2, 0.25) is 0 Å². The first-order chi connectivity index (χ1) is 12.2. The van der Waals surface area contributed by atoms with Crippen LogP contribution < -0.4 is 10.3 Å². The number of halogens is 1. The highest BCUT2D eigenvalue weighted by Gasteiger charge is 2.19. The van der Waals surface area contributed by atoms with Crippen LogP contribution >= 0.6 is 27.3 Å². The zero-order valence-electron chi connectivity index (χ0n) is 13.7. The van der Waals surface area contributed by atoms with Crippen LogP contribution in [0.15, 0.2) is 38.9 Å². The van der Waals surface area contributed by atoms with Gasteiger partial charge in [0, 0.05) is 4.88 Å². The maximum absolute atomic E-state index is 12.8. The Bertz CT molecular complexity index is 1040. The van der Waals surface area contributed by atoms with Crippen LogP contribution in [0, 0.1) is 0 Å². The summed E-state index contributed by atoms with van der Waals surface area (Å²) in [5, 5.41) is 5.06. The molecular formula is C18H16BrN3O2S. The van der Waals surface area contributed by atoms with Crippen molar-refractivity contribution < 1.29 is 4.74 Å². The summed E-state index contributed by atoms with van der Waals surface area (Å²) in [6.07, 6.45) is 7.50. The van der Waals surface area contributed by atoms with Gasteiger partial charge in [0.15, 0.2) is 0 Å². The Balaban J connectivity index is 1.73. The lowest BCUT2D eigenvalue weighted by molar-refractivity contribution is 0.412. The van der Waals surface area contributed by atoms with E-state index in [1.807, 2.05) is 18.2 Å². The molecule has 5 nitrogen and oxygen atoms in total. The molecule has 128 valence electrons. The predicted molar refractivity (Wildman–Crippen MR) is 104 cm³/mol. The van der Waals surface area contributed by atoms with E-state index in [4.69, 9.17) is 4.74 Å². The van der Waals surface area contributed by atoms with Crippen LogP contribution in [-0.2, 0) is 12.8 Å². The fourth-order valence-electron chi connectivity index (χ4n) is 3.11. The molecule has 0 aliphatic heterocycles. The number of methoxy groups -OCH3 is 1. The molecule has 0 saturated carbocycles. The molecule has 4 rings (SSSR count). The lowest BCUT2D eigenvalue weighted by Crippen LogP contribution is -2.18. The van der Waals surface area contributed by atoms with Crippen molar-refractivity contribution in [3.8, 4) is 5.75 Å². The molecule has 0 saturated heterocycles. The number of hydrogen-bond acceptors (Lipinski definition) is 5. The fraction of sp³-hybridized carbons (Fsp3) is 0.278. The Morgan fingerprint density at radius 1 is 1.36 bits per heavy atom. The Morgan fingerprint density at radius 3 is 3.00 bits per heavy atom. The topological polar surface area (TPSA) is 56.5 Å². The maximum Gasteiger partial charge on any atom is 0.282 e. The third-order valence-electron chi connectivity index (χ3n) is 4.37. The van der Waals surface area contributed by atoms with Crippen LogP contribution in [0.5, 0.6) is 5.75 Å². The average Bonchev–Trinajstić information content (AvgIpc) is 3.00. The summed E-state index contributed by atoms with van der Waals surface area (Å²) in [6.45, 7) is 0. The summed E-state index contributed by atoms with van der Waals surface area (Å²) >= 11 is 5.10. The summed E-state index contributed by atoms with van der Waals surface area (Å²) in [7, 11) is 1.62. The highest BCUT2D eigenvalue weighted by molar-refractivity contribution is 9.10. The third-order valence-corrected chi connectivity index (χ3v) is 6.19. The highest BCUT2D eigenvalue weighted by atomic mass is 79.9. The molecule has 0 unspecified atom stereocenters. The summed E-state index contributed by atoms with van der Waals surface area (Å²) < 4.78 is 7.38. The van der Waals surface area contributed by atoms with Crippen molar-refractivity contribution >= 4 is 43.7 Å². The maximum atomic E-state index is 12.8. The van der Waals surface area contributed by atoms with Crippen molar-refractivity contribution in [3.05, 3.63) is 55.4 Å². The van der Waals surface area contributed by atoms with Gasteiger partial charge >= 0.3 is 0 Å². The van der Waals surface area contributed by atoms with Gasteiger partial charge in [-0.25, -0.2) is 4.98 Å². The molecule has 2 aromatic heterocycles. The molecule has 2 heterocycles. The molecule has 0 atom stereocenters. The monoisotopic (exact) mass is 417 g/mol. The molecule has 1 aromatic carbocycles. The normalized spacial score (nSPS) is 14.2. The summed E-state index contributed by atoms with van der Waals surface area (Å²) in [5.41, 5.74) is 1.96. The van der Waals surface area contributed by atoms with E-state index < -0.39 is 0 Å². The van der Waals surface area contributed by atoms with E-state index in [9.17, 15) is 4.79 Å². The quantitative estimate of drug-likeness (QED) is 0.605. The van der Waals surface area contributed by atoms with Crippen molar-refractivity contribution in [2.45, 2.75) is 25.7 Å². The van der Waals surface area contributed by atoms with E-state index in [0.29, 0.717) is 0 Å². The van der Waals surface area contributed by atoms with E-state index >= 15 is 0 Å². The van der Waals surface area contributed by atoms with Crippen LogP contribution in [0.1, 0.15) is 28.8 Å². The van der Waals surface area contributed by atoms with Crippen molar-refractivity contribution in [3.63, 3.8) is 0 Å². The minimum absolute atomic E-state index is 0.0896. The van der Waals surface area contributed by atoms with Crippen LogP contribution in [0.3, 0.4) is 0 Å². The second kappa shape index (κ2) is 6.72. The summed E-state index contributed by atoms with van der Waals surface area (Å²) in [5.74, 6) is 0.752. The molecule has 0 bridgehead atoms. The van der Waals surface area contributed by atoms with Gasteiger partial charge in [-0.3, -0.25) is 4.79 Å². The number of fused-ring (bicyclic) bond motifs is 3. The first-order valence-corrected chi connectivity index (χ1v) is 9.68. The van der Waals surface area contributed by atoms with E-state index in [-0.39, 0.29) is 5.56 Å². The molecule has 25 heavy (non-hydrogen) atoms. The SMILES string of the molecule is COc1ccc(/C=N/n2cnc3sc4c(c3c2=O)CCCC4)cc1Br. The van der Waals surface area contributed by atoms with Crippen molar-refractivity contribution in [1.29, 1.82) is 0 Å². The Hall–Kier alpha value is -1.99. The fourth-order valence-corrected chi connectivity index (χ4v) is 4.89. The number of aromatic nitrogens is 2. The average molecular weight is 418 g/mol. The van der Waals surface area contributed by atoms with Gasteiger partial charge in [0.05, 0.1) is 23.2 Å². The van der Waals surface area contributed by atoms with Crippen LogP contribution in [-0.4, -0.2) is 23.0 Å². The zero-order valence-corrected chi connectivity index (χ0v) is 16.1. The molecular weight excluding hydrogens is 402 g/mol. The molecule has 0 spiro atoms. The van der Waals surface area contributed by atoms with Crippen molar-refractivity contribution in [1.82, 2.24) is 9.66 Å². The van der Waals surface area contributed by atoms with E-state index in [1.165, 1.54) is 27.9 Å². The van der Waals surface area contributed by atoms with Gasteiger partial charge in [0.25, 0.3) is 5.56 Å². The first-order valence-electron chi connectivity index (χ1n) is 8.07. The number of rotatable bonds is 3.